The summed E-state index contributed by atoms with van der Waals surface area (Å²) in [6.45, 7) is 2.63. The molecule has 6 rings (SSSR count). The third kappa shape index (κ3) is 3.88. The molecule has 0 bridgehead atoms. The Morgan fingerprint density at radius 2 is 1.88 bits per heavy atom. The molecule has 1 spiro atoms. The summed E-state index contributed by atoms with van der Waals surface area (Å²) in [6.07, 6.45) is -0.202. The first kappa shape index (κ1) is 21.7. The molecule has 2 aliphatic carbocycles. The van der Waals surface area contributed by atoms with Crippen molar-refractivity contribution in [3.63, 3.8) is 0 Å². The van der Waals surface area contributed by atoms with Gasteiger partial charge in [-0.3, -0.25) is 5.10 Å². The van der Waals surface area contributed by atoms with E-state index >= 15 is 0 Å². The van der Waals surface area contributed by atoms with Crippen molar-refractivity contribution >= 4 is 6.03 Å². The molecule has 2 aliphatic heterocycles. The summed E-state index contributed by atoms with van der Waals surface area (Å²) in [5.74, 6) is 1.63. The number of H-pyrrole nitrogens is 1. The number of urea groups is 1. The number of benzene rings is 1. The Kier molecular flexibility index (Phi) is 4.83. The Labute approximate surface area is 193 Å². The van der Waals surface area contributed by atoms with E-state index in [2.05, 4.69) is 15.2 Å². The molecule has 0 unspecified atom stereocenters. The molecule has 3 heterocycles. The lowest BCUT2D eigenvalue weighted by Crippen LogP contribution is -2.67. The number of ether oxygens (including phenoxy) is 1. The number of hydrogen-bond donors (Lipinski definition) is 1. The minimum absolute atomic E-state index is 0.0000465. The molecule has 182 valence electrons. The number of halogens is 4. The number of nitrogens with one attached hydrogen (secondary N) is 1. The SMILES string of the molecule is O=C(N1CC(COc2ccc(C(F)(F)F)cc2F)C1)N1CC2(CC(c3n[nH]c(C4CC4)n3)C2)C1. The summed E-state index contributed by atoms with van der Waals surface area (Å²) >= 11 is 0. The molecule has 1 aromatic carbocycles. The molecule has 1 N–H and O–H groups in total. The molecule has 34 heavy (non-hydrogen) atoms. The number of nitrogens with zero attached hydrogens (tertiary/aromatic N) is 4. The first-order chi connectivity index (χ1) is 16.2. The molecule has 1 aromatic heterocycles. The van der Waals surface area contributed by atoms with Crippen LogP contribution in [0.4, 0.5) is 22.4 Å². The van der Waals surface area contributed by atoms with Gasteiger partial charge in [-0.25, -0.2) is 14.2 Å². The van der Waals surface area contributed by atoms with Gasteiger partial charge in [-0.2, -0.15) is 18.3 Å². The van der Waals surface area contributed by atoms with Gasteiger partial charge in [0.2, 0.25) is 0 Å². The molecule has 2 aromatic rings. The monoisotopic (exact) mass is 479 g/mol. The zero-order chi connectivity index (χ0) is 23.7. The predicted octanol–water partition coefficient (Wildman–Crippen LogP) is 4.15. The second-order valence-corrected chi connectivity index (χ2v) is 10.3. The van der Waals surface area contributed by atoms with Crippen LogP contribution in [0.25, 0.3) is 0 Å². The number of aromatic amines is 1. The zero-order valence-electron chi connectivity index (χ0n) is 18.4. The number of aromatic nitrogens is 3. The summed E-state index contributed by atoms with van der Waals surface area (Å²) in [6, 6.07) is 2.23. The number of hydrogen-bond acceptors (Lipinski definition) is 4. The van der Waals surface area contributed by atoms with Crippen LogP contribution in [-0.4, -0.2) is 63.8 Å². The highest BCUT2D eigenvalue weighted by molar-refractivity contribution is 5.76. The highest BCUT2D eigenvalue weighted by atomic mass is 19.4. The molecule has 2 amide bonds. The van der Waals surface area contributed by atoms with Crippen LogP contribution in [0.1, 0.15) is 54.7 Å². The average Bonchev–Trinajstić information content (AvgIpc) is 3.43. The summed E-state index contributed by atoms with van der Waals surface area (Å²) in [4.78, 5) is 20.9. The van der Waals surface area contributed by atoms with Crippen LogP contribution < -0.4 is 4.74 Å². The van der Waals surface area contributed by atoms with E-state index in [0.29, 0.717) is 31.0 Å². The maximum Gasteiger partial charge on any atom is 0.416 e. The molecule has 4 fully saturated rings. The van der Waals surface area contributed by atoms with E-state index in [4.69, 9.17) is 4.74 Å². The van der Waals surface area contributed by atoms with Gasteiger partial charge in [-0.15, -0.1) is 0 Å². The first-order valence-electron chi connectivity index (χ1n) is 11.6. The van der Waals surface area contributed by atoms with Gasteiger partial charge in [0.25, 0.3) is 0 Å². The fourth-order valence-electron chi connectivity index (χ4n) is 5.37. The van der Waals surface area contributed by atoms with Crippen molar-refractivity contribution in [2.75, 3.05) is 32.8 Å². The smallest absolute Gasteiger partial charge is 0.416 e. The quantitative estimate of drug-likeness (QED) is 0.654. The molecule has 2 saturated heterocycles. The zero-order valence-corrected chi connectivity index (χ0v) is 18.4. The summed E-state index contributed by atoms with van der Waals surface area (Å²) in [7, 11) is 0. The molecule has 7 nitrogen and oxygen atoms in total. The lowest BCUT2D eigenvalue weighted by Gasteiger charge is -2.59. The van der Waals surface area contributed by atoms with Gasteiger partial charge in [-0.05, 0) is 43.9 Å². The van der Waals surface area contributed by atoms with E-state index in [9.17, 15) is 22.4 Å². The summed E-state index contributed by atoms with van der Waals surface area (Å²) < 4.78 is 57.2. The van der Waals surface area contributed by atoms with E-state index in [1.54, 1.807) is 4.90 Å². The van der Waals surface area contributed by atoms with Crippen LogP contribution in [0.3, 0.4) is 0 Å². The van der Waals surface area contributed by atoms with Crippen molar-refractivity contribution < 1.29 is 27.1 Å². The fourth-order valence-corrected chi connectivity index (χ4v) is 5.37. The van der Waals surface area contributed by atoms with Crippen molar-refractivity contribution in [3.05, 3.63) is 41.2 Å². The minimum Gasteiger partial charge on any atom is -0.490 e. The van der Waals surface area contributed by atoms with Crippen molar-refractivity contribution in [1.82, 2.24) is 25.0 Å². The first-order valence-corrected chi connectivity index (χ1v) is 11.6. The van der Waals surface area contributed by atoms with E-state index in [0.717, 1.165) is 49.7 Å². The van der Waals surface area contributed by atoms with Gasteiger partial charge >= 0.3 is 12.2 Å². The Morgan fingerprint density at radius 1 is 1.15 bits per heavy atom. The second-order valence-electron chi connectivity index (χ2n) is 10.3. The highest BCUT2D eigenvalue weighted by Gasteiger charge is 2.56. The van der Waals surface area contributed by atoms with E-state index in [-0.39, 0.29) is 29.7 Å². The lowest BCUT2D eigenvalue weighted by atomic mass is 9.57. The van der Waals surface area contributed by atoms with Crippen molar-refractivity contribution in [2.24, 2.45) is 11.3 Å². The van der Waals surface area contributed by atoms with Crippen molar-refractivity contribution in [3.8, 4) is 5.75 Å². The van der Waals surface area contributed by atoms with Gasteiger partial charge in [-0.1, -0.05) is 0 Å². The van der Waals surface area contributed by atoms with Crippen molar-refractivity contribution in [1.29, 1.82) is 0 Å². The highest BCUT2D eigenvalue weighted by Crippen LogP contribution is 2.56. The van der Waals surface area contributed by atoms with Crippen LogP contribution in [0.15, 0.2) is 18.2 Å². The standard InChI is InChI=1S/C23H25F4N5O2/c24-17-5-16(23(25,26)27)3-4-18(17)34-10-13-8-31(9-13)21(33)32-11-22(12-32)6-15(7-22)20-28-19(29-30-20)14-1-2-14/h3-5,13-15H,1-2,6-12H2,(H,28,29,30). The number of carbonyl (C=O) groups excluding carboxylic acids is 1. The van der Waals surface area contributed by atoms with Crippen LogP contribution in [0.2, 0.25) is 0 Å². The molecular weight excluding hydrogens is 454 g/mol. The molecule has 11 heteroatoms. The topological polar surface area (TPSA) is 74.3 Å². The maximum absolute atomic E-state index is 13.9. The number of carbonyl (C=O) groups is 1. The van der Waals surface area contributed by atoms with Crippen molar-refractivity contribution in [2.45, 2.75) is 43.7 Å². The van der Waals surface area contributed by atoms with Crippen LogP contribution in [0.5, 0.6) is 5.75 Å². The molecule has 0 atom stereocenters. The molecule has 0 radical (unpaired) electrons. The number of rotatable bonds is 5. The van der Waals surface area contributed by atoms with Gasteiger partial charge in [0, 0.05) is 49.3 Å². The summed E-state index contributed by atoms with van der Waals surface area (Å²) in [5.41, 5.74) is -0.861. The number of alkyl halides is 3. The molecular formula is C23H25F4N5O2. The van der Waals surface area contributed by atoms with Gasteiger partial charge < -0.3 is 14.5 Å². The maximum atomic E-state index is 13.9. The minimum atomic E-state index is -4.60. The summed E-state index contributed by atoms with van der Waals surface area (Å²) in [5, 5.41) is 7.45. The third-order valence-electron chi connectivity index (χ3n) is 7.49. The van der Waals surface area contributed by atoms with Gasteiger partial charge in [0.15, 0.2) is 17.4 Å². The molecule has 4 aliphatic rings. The van der Waals surface area contributed by atoms with E-state index < -0.39 is 17.6 Å². The molecule has 2 saturated carbocycles. The fraction of sp³-hybridized carbons (Fsp3) is 0.609. The van der Waals surface area contributed by atoms with Crippen LogP contribution in [0, 0.1) is 17.2 Å². The number of likely N-dealkylation sites (tertiary alicyclic amines) is 2. The predicted molar refractivity (Wildman–Crippen MR) is 112 cm³/mol. The third-order valence-corrected chi connectivity index (χ3v) is 7.49. The average molecular weight is 479 g/mol. The van der Waals surface area contributed by atoms with Crippen LogP contribution in [-0.2, 0) is 6.18 Å². The Bertz CT molecular complexity index is 1100. The lowest BCUT2D eigenvalue weighted by molar-refractivity contribution is -0.137. The Balaban J connectivity index is 0.922. The van der Waals surface area contributed by atoms with Gasteiger partial charge in [0.1, 0.15) is 5.82 Å². The Morgan fingerprint density at radius 3 is 2.53 bits per heavy atom. The largest absolute Gasteiger partial charge is 0.490 e. The van der Waals surface area contributed by atoms with Gasteiger partial charge in [0.05, 0.1) is 12.2 Å². The van der Waals surface area contributed by atoms with E-state index in [1.165, 1.54) is 12.8 Å². The second kappa shape index (κ2) is 7.58. The van der Waals surface area contributed by atoms with E-state index in [1.807, 2.05) is 4.90 Å². The normalized spacial score (nSPS) is 22.4. The Hall–Kier alpha value is -2.85. The van der Waals surface area contributed by atoms with Crippen LogP contribution >= 0.6 is 0 Å². The number of amides is 2.